The molecule has 2 rings (SSSR count). The van der Waals surface area contributed by atoms with Crippen LogP contribution < -0.4 is 5.32 Å². The van der Waals surface area contributed by atoms with E-state index in [9.17, 15) is 0 Å². The smallest absolute Gasteiger partial charge is 0.182 e. The van der Waals surface area contributed by atoms with E-state index in [0.717, 1.165) is 29.5 Å². The van der Waals surface area contributed by atoms with Crippen LogP contribution in [0.4, 0.5) is 5.13 Å². The molecule has 0 aliphatic heterocycles. The Morgan fingerprint density at radius 1 is 1.33 bits per heavy atom. The summed E-state index contributed by atoms with van der Waals surface area (Å²) >= 11 is 3.39. The van der Waals surface area contributed by atoms with Crippen molar-refractivity contribution in [2.75, 3.05) is 33.0 Å². The maximum Gasteiger partial charge on any atom is 0.182 e. The molecule has 0 aliphatic carbocycles. The summed E-state index contributed by atoms with van der Waals surface area (Å²) in [6.45, 7) is 3.09. The van der Waals surface area contributed by atoms with Crippen LogP contribution in [0, 0.1) is 6.92 Å². The number of anilines is 1. The van der Waals surface area contributed by atoms with Crippen LogP contribution in [0.2, 0.25) is 0 Å². The Hall–Kier alpha value is -0.980. The second-order valence-electron chi connectivity index (χ2n) is 4.36. The normalized spacial score (nSPS) is 11.2. The third-order valence-corrected chi connectivity index (χ3v) is 4.66. The monoisotopic (exact) mass is 282 g/mol. The molecule has 0 radical (unpaired) electrons. The van der Waals surface area contributed by atoms with Crippen molar-refractivity contribution >= 4 is 27.8 Å². The lowest BCUT2D eigenvalue weighted by atomic mass is 10.3. The second kappa shape index (κ2) is 5.77. The lowest BCUT2D eigenvalue weighted by Crippen LogP contribution is -2.14. The summed E-state index contributed by atoms with van der Waals surface area (Å²) in [5.41, 5.74) is 2.12. The van der Waals surface area contributed by atoms with E-state index in [1.807, 2.05) is 7.05 Å². The van der Waals surface area contributed by atoms with Crippen molar-refractivity contribution in [1.82, 2.24) is 14.9 Å². The molecule has 0 unspecified atom stereocenters. The van der Waals surface area contributed by atoms with Crippen molar-refractivity contribution < 1.29 is 0 Å². The lowest BCUT2D eigenvalue weighted by Gasteiger charge is -2.06. The van der Waals surface area contributed by atoms with Crippen LogP contribution in [0.5, 0.6) is 0 Å². The van der Waals surface area contributed by atoms with Gasteiger partial charge in [0.05, 0.1) is 21.3 Å². The van der Waals surface area contributed by atoms with Gasteiger partial charge in [0.2, 0.25) is 0 Å². The maximum absolute atomic E-state index is 4.63. The topological polar surface area (TPSA) is 41.1 Å². The number of likely N-dealkylation sites (N-methyl/N-ethyl adjacent to an activating group) is 1. The fraction of sp³-hybridized carbons (Fsp3) is 0.500. The minimum Gasteiger partial charge on any atom is -0.365 e. The molecule has 0 saturated heterocycles. The van der Waals surface area contributed by atoms with E-state index in [2.05, 4.69) is 46.6 Å². The average Bonchev–Trinajstić information content (AvgIpc) is 2.92. The van der Waals surface area contributed by atoms with Gasteiger partial charge < -0.3 is 10.2 Å². The van der Waals surface area contributed by atoms with Gasteiger partial charge in [-0.1, -0.05) is 0 Å². The molecule has 2 aromatic rings. The van der Waals surface area contributed by atoms with Gasteiger partial charge in [-0.3, -0.25) is 0 Å². The zero-order valence-corrected chi connectivity index (χ0v) is 12.8. The maximum atomic E-state index is 4.63. The summed E-state index contributed by atoms with van der Waals surface area (Å²) < 4.78 is 0. The number of rotatable bonds is 5. The van der Waals surface area contributed by atoms with Crippen LogP contribution in [0.15, 0.2) is 5.38 Å². The fourth-order valence-electron chi connectivity index (χ4n) is 1.61. The van der Waals surface area contributed by atoms with Gasteiger partial charge in [0, 0.05) is 25.4 Å². The van der Waals surface area contributed by atoms with Gasteiger partial charge in [0.1, 0.15) is 0 Å². The fourth-order valence-corrected chi connectivity index (χ4v) is 3.36. The molecular formula is C12H18N4S2. The van der Waals surface area contributed by atoms with Gasteiger partial charge in [-0.05, 0) is 21.0 Å². The van der Waals surface area contributed by atoms with Crippen molar-refractivity contribution in [3.63, 3.8) is 0 Å². The highest BCUT2D eigenvalue weighted by Gasteiger charge is 2.12. The largest absolute Gasteiger partial charge is 0.365 e. The predicted molar refractivity (Wildman–Crippen MR) is 79.8 cm³/mol. The summed E-state index contributed by atoms with van der Waals surface area (Å²) in [6.07, 6.45) is 1.00. The van der Waals surface area contributed by atoms with E-state index >= 15 is 0 Å². The van der Waals surface area contributed by atoms with Gasteiger partial charge in [0.15, 0.2) is 5.13 Å². The molecule has 2 heterocycles. The highest BCUT2D eigenvalue weighted by molar-refractivity contribution is 7.16. The number of aryl methyl sites for hydroxylation is 1. The Morgan fingerprint density at radius 3 is 2.72 bits per heavy atom. The van der Waals surface area contributed by atoms with Gasteiger partial charge in [-0.25, -0.2) is 9.97 Å². The van der Waals surface area contributed by atoms with Crippen molar-refractivity contribution in [3.8, 4) is 10.6 Å². The number of nitrogens with one attached hydrogen (secondary N) is 1. The quantitative estimate of drug-likeness (QED) is 0.915. The molecule has 1 N–H and O–H groups in total. The average molecular weight is 282 g/mol. The summed E-state index contributed by atoms with van der Waals surface area (Å²) in [6, 6.07) is 0. The van der Waals surface area contributed by atoms with E-state index in [-0.39, 0.29) is 0 Å². The Kier molecular flexibility index (Phi) is 4.31. The Balaban J connectivity index is 2.18. The second-order valence-corrected chi connectivity index (χ2v) is 6.31. The van der Waals surface area contributed by atoms with Gasteiger partial charge in [-0.15, -0.1) is 22.7 Å². The first-order chi connectivity index (χ1) is 8.60. The zero-order chi connectivity index (χ0) is 13.1. The van der Waals surface area contributed by atoms with Crippen LogP contribution in [-0.2, 0) is 6.42 Å². The van der Waals surface area contributed by atoms with Crippen LogP contribution in [0.1, 0.15) is 10.7 Å². The van der Waals surface area contributed by atoms with Gasteiger partial charge >= 0.3 is 0 Å². The molecular weight excluding hydrogens is 264 g/mol. The molecule has 0 amide bonds. The number of hydrogen-bond acceptors (Lipinski definition) is 6. The minimum atomic E-state index is 0.952. The van der Waals surface area contributed by atoms with E-state index < -0.39 is 0 Å². The number of aromatic nitrogens is 2. The highest BCUT2D eigenvalue weighted by atomic mass is 32.1. The molecule has 6 heteroatoms. The third kappa shape index (κ3) is 3.07. The summed E-state index contributed by atoms with van der Waals surface area (Å²) in [5, 5.41) is 7.30. The van der Waals surface area contributed by atoms with Crippen LogP contribution in [0.25, 0.3) is 10.6 Å². The number of hydrogen-bond donors (Lipinski definition) is 1. The minimum absolute atomic E-state index is 0.952. The Labute approximate surface area is 116 Å². The van der Waals surface area contributed by atoms with Crippen molar-refractivity contribution in [1.29, 1.82) is 0 Å². The predicted octanol–water partition coefficient (Wildman–Crippen LogP) is 2.72. The number of thiazole rings is 2. The molecule has 98 valence electrons. The van der Waals surface area contributed by atoms with E-state index in [1.54, 1.807) is 22.7 Å². The molecule has 0 fully saturated rings. The molecule has 18 heavy (non-hydrogen) atoms. The summed E-state index contributed by atoms with van der Waals surface area (Å²) in [7, 11) is 6.06. The highest BCUT2D eigenvalue weighted by Crippen LogP contribution is 2.32. The van der Waals surface area contributed by atoms with Crippen LogP contribution in [0.3, 0.4) is 0 Å². The Morgan fingerprint density at radius 2 is 2.11 bits per heavy atom. The molecule has 0 aromatic carbocycles. The van der Waals surface area contributed by atoms with E-state index in [4.69, 9.17) is 0 Å². The Bertz CT molecular complexity index is 516. The van der Waals surface area contributed by atoms with Gasteiger partial charge in [0.25, 0.3) is 0 Å². The zero-order valence-electron chi connectivity index (χ0n) is 11.1. The molecule has 2 aromatic heterocycles. The van der Waals surface area contributed by atoms with Gasteiger partial charge in [-0.2, -0.15) is 0 Å². The first-order valence-electron chi connectivity index (χ1n) is 5.85. The van der Waals surface area contributed by atoms with Crippen molar-refractivity contribution in [2.45, 2.75) is 13.3 Å². The third-order valence-electron chi connectivity index (χ3n) is 2.56. The standard InChI is InChI=1S/C12H18N4S2/c1-8-11(9-7-17-12(13-2)15-9)18-10(14-8)5-6-16(3)4/h7H,5-6H2,1-4H3,(H,13,15). The summed E-state index contributed by atoms with van der Waals surface area (Å²) in [4.78, 5) is 12.5. The summed E-state index contributed by atoms with van der Waals surface area (Å²) in [5.74, 6) is 0. The number of nitrogens with zero attached hydrogens (tertiary/aromatic N) is 3. The molecule has 4 nitrogen and oxygen atoms in total. The van der Waals surface area contributed by atoms with E-state index in [1.165, 1.54) is 9.88 Å². The molecule has 0 bridgehead atoms. The van der Waals surface area contributed by atoms with E-state index in [0.29, 0.717) is 0 Å². The lowest BCUT2D eigenvalue weighted by molar-refractivity contribution is 0.413. The molecule has 0 aliphatic rings. The first-order valence-corrected chi connectivity index (χ1v) is 7.54. The van der Waals surface area contributed by atoms with Crippen LogP contribution >= 0.6 is 22.7 Å². The molecule has 0 saturated carbocycles. The molecule has 0 spiro atoms. The molecule has 0 atom stereocenters. The van der Waals surface area contributed by atoms with Crippen molar-refractivity contribution in [3.05, 3.63) is 16.1 Å². The SMILES string of the molecule is CNc1nc(-c2sc(CCN(C)C)nc2C)cs1. The first kappa shape index (κ1) is 13.5. The van der Waals surface area contributed by atoms with Crippen molar-refractivity contribution in [2.24, 2.45) is 0 Å². The van der Waals surface area contributed by atoms with Crippen LogP contribution in [-0.4, -0.2) is 42.6 Å².